The zero-order valence-corrected chi connectivity index (χ0v) is 20.7. The molecule has 2 aromatic carbocycles. The molecule has 6 rings (SSSR count). The van der Waals surface area contributed by atoms with E-state index >= 15 is 0 Å². The molecule has 0 unspecified atom stereocenters. The van der Waals surface area contributed by atoms with Crippen molar-refractivity contribution in [2.24, 2.45) is 0 Å². The van der Waals surface area contributed by atoms with Crippen molar-refractivity contribution in [3.63, 3.8) is 0 Å². The van der Waals surface area contributed by atoms with Crippen LogP contribution in [0.1, 0.15) is 33.6 Å². The van der Waals surface area contributed by atoms with E-state index in [0.29, 0.717) is 11.3 Å². The zero-order chi connectivity index (χ0) is 24.1. The average molecular weight is 503 g/mol. The molecule has 9 heteroatoms. The first-order chi connectivity index (χ1) is 17.0. The fourth-order valence-electron chi connectivity index (χ4n) is 4.63. The summed E-state index contributed by atoms with van der Waals surface area (Å²) in [5.41, 5.74) is 4.21. The molecule has 2 aliphatic heterocycles. The molecule has 4 aromatic rings. The fraction of sp³-hybridized carbons (Fsp3) is 0.231. The van der Waals surface area contributed by atoms with Crippen LogP contribution in [0.2, 0.25) is 0 Å². The number of hydrogen-bond donors (Lipinski definition) is 1. The van der Waals surface area contributed by atoms with E-state index in [-0.39, 0.29) is 30.6 Å². The van der Waals surface area contributed by atoms with Gasteiger partial charge < -0.3 is 10.2 Å². The van der Waals surface area contributed by atoms with Crippen molar-refractivity contribution < 1.29 is 14.4 Å². The number of likely N-dealkylation sites (N-methyl/N-ethyl adjacent to an activating group) is 1. The van der Waals surface area contributed by atoms with Gasteiger partial charge in [-0.05, 0) is 55.4 Å². The molecule has 1 saturated heterocycles. The second-order valence-corrected chi connectivity index (χ2v) is 10.9. The van der Waals surface area contributed by atoms with E-state index < -0.39 is 0 Å². The number of hydrogen-bond acceptors (Lipinski definition) is 7. The Morgan fingerprint density at radius 2 is 1.71 bits per heavy atom. The third-order valence-corrected chi connectivity index (χ3v) is 8.61. The van der Waals surface area contributed by atoms with Crippen LogP contribution >= 0.6 is 22.7 Å². The van der Waals surface area contributed by atoms with Gasteiger partial charge in [0.15, 0.2) is 0 Å². The number of fused-ring (bicyclic) bond motifs is 2. The molecule has 2 aliphatic rings. The first-order valence-corrected chi connectivity index (χ1v) is 13.1. The van der Waals surface area contributed by atoms with Gasteiger partial charge in [0.05, 0.1) is 15.9 Å². The SMILES string of the molecule is CN1CCc2c(sc(NC(=O)c3ccc(N4C(=O)CCC4=O)cc3)c2-c2nc3ccccc3s2)C1. The lowest BCUT2D eigenvalue weighted by atomic mass is 10.0. The van der Waals surface area contributed by atoms with Gasteiger partial charge in [0.1, 0.15) is 10.0 Å². The minimum atomic E-state index is -0.232. The second kappa shape index (κ2) is 8.67. The summed E-state index contributed by atoms with van der Waals surface area (Å²) in [4.78, 5) is 46.9. The second-order valence-electron chi connectivity index (χ2n) is 8.81. The predicted octanol–water partition coefficient (Wildman–Crippen LogP) is 4.92. The Balaban J connectivity index is 1.33. The largest absolute Gasteiger partial charge is 0.313 e. The summed E-state index contributed by atoms with van der Waals surface area (Å²) in [7, 11) is 2.11. The maximum Gasteiger partial charge on any atom is 0.256 e. The van der Waals surface area contributed by atoms with Crippen molar-refractivity contribution >= 4 is 61.3 Å². The summed E-state index contributed by atoms with van der Waals surface area (Å²) >= 11 is 3.26. The fourth-order valence-corrected chi connectivity index (χ4v) is 7.06. The van der Waals surface area contributed by atoms with Crippen LogP contribution < -0.4 is 10.2 Å². The first-order valence-electron chi connectivity index (χ1n) is 11.4. The van der Waals surface area contributed by atoms with Crippen LogP contribution in [0.15, 0.2) is 48.5 Å². The normalized spacial score (nSPS) is 16.2. The lowest BCUT2D eigenvalue weighted by molar-refractivity contribution is -0.121. The van der Waals surface area contributed by atoms with E-state index in [1.807, 2.05) is 18.2 Å². The van der Waals surface area contributed by atoms with Crippen LogP contribution in [-0.4, -0.2) is 41.2 Å². The molecular formula is C26H22N4O3S2. The number of nitrogens with one attached hydrogen (secondary N) is 1. The van der Waals surface area contributed by atoms with Gasteiger partial charge in [0.2, 0.25) is 11.8 Å². The predicted molar refractivity (Wildman–Crippen MR) is 139 cm³/mol. The molecule has 3 amide bonds. The lowest BCUT2D eigenvalue weighted by Crippen LogP contribution is -2.28. The topological polar surface area (TPSA) is 82.6 Å². The number of carbonyl (C=O) groups excluding carboxylic acids is 3. The van der Waals surface area contributed by atoms with Crippen LogP contribution in [0.5, 0.6) is 0 Å². The van der Waals surface area contributed by atoms with Crippen LogP contribution in [0, 0.1) is 0 Å². The molecule has 0 spiro atoms. The van der Waals surface area contributed by atoms with E-state index in [4.69, 9.17) is 4.98 Å². The van der Waals surface area contributed by atoms with Gasteiger partial charge in [0, 0.05) is 41.9 Å². The third kappa shape index (κ3) is 3.95. The Morgan fingerprint density at radius 1 is 0.971 bits per heavy atom. The molecule has 0 aliphatic carbocycles. The minimum Gasteiger partial charge on any atom is -0.313 e. The maximum absolute atomic E-state index is 13.2. The number of para-hydroxylation sites is 1. The Labute approximate surface area is 210 Å². The highest BCUT2D eigenvalue weighted by atomic mass is 32.1. The van der Waals surface area contributed by atoms with E-state index in [1.54, 1.807) is 46.9 Å². The van der Waals surface area contributed by atoms with Crippen molar-refractivity contribution in [3.05, 3.63) is 64.5 Å². The number of nitrogens with zero attached hydrogens (tertiary/aromatic N) is 3. The summed E-state index contributed by atoms with van der Waals surface area (Å²) in [6.07, 6.45) is 1.37. The van der Waals surface area contributed by atoms with E-state index in [1.165, 1.54) is 15.3 Å². The molecule has 1 N–H and O–H groups in total. The van der Waals surface area contributed by atoms with Crippen molar-refractivity contribution in [2.45, 2.75) is 25.8 Å². The maximum atomic E-state index is 13.2. The van der Waals surface area contributed by atoms with Crippen molar-refractivity contribution in [3.8, 4) is 10.6 Å². The summed E-state index contributed by atoms with van der Waals surface area (Å²) in [6, 6.07) is 14.7. The van der Waals surface area contributed by atoms with Crippen molar-refractivity contribution in [1.82, 2.24) is 9.88 Å². The smallest absolute Gasteiger partial charge is 0.256 e. The molecule has 7 nitrogen and oxygen atoms in total. The third-order valence-electron chi connectivity index (χ3n) is 6.42. The molecule has 4 heterocycles. The van der Waals surface area contributed by atoms with Crippen LogP contribution in [0.3, 0.4) is 0 Å². The summed E-state index contributed by atoms with van der Waals surface area (Å²) in [5.74, 6) is -0.645. The highest BCUT2D eigenvalue weighted by Gasteiger charge is 2.30. The molecule has 176 valence electrons. The van der Waals surface area contributed by atoms with Crippen molar-refractivity contribution in [2.75, 3.05) is 23.8 Å². The van der Waals surface area contributed by atoms with E-state index in [2.05, 4.69) is 23.3 Å². The number of imide groups is 1. The number of benzene rings is 2. The number of amides is 3. The average Bonchev–Trinajstić information content (AvgIpc) is 3.53. The standard InChI is InChI=1S/C26H22N4O3S2/c1-29-13-12-17-20(14-29)35-26(23(17)25-27-18-4-2-3-5-19(18)34-25)28-24(33)15-6-8-16(9-7-15)30-21(31)10-11-22(30)32/h2-9H,10-14H2,1H3,(H,28,33). The van der Waals surface area contributed by atoms with Crippen molar-refractivity contribution in [1.29, 1.82) is 0 Å². The Morgan fingerprint density at radius 3 is 2.46 bits per heavy atom. The Kier molecular flexibility index (Phi) is 5.47. The lowest BCUT2D eigenvalue weighted by Gasteiger charge is -2.22. The van der Waals surface area contributed by atoms with Gasteiger partial charge in [-0.1, -0.05) is 12.1 Å². The Bertz CT molecular complexity index is 1440. The molecule has 0 bridgehead atoms. The number of anilines is 2. The first kappa shape index (κ1) is 22.1. The van der Waals surface area contributed by atoms with Gasteiger partial charge in [-0.25, -0.2) is 4.98 Å². The summed E-state index contributed by atoms with van der Waals surface area (Å²) in [6.45, 7) is 1.81. The highest BCUT2D eigenvalue weighted by Crippen LogP contribution is 2.45. The van der Waals surface area contributed by atoms with Crippen LogP contribution in [-0.2, 0) is 22.6 Å². The minimum absolute atomic E-state index is 0.207. The summed E-state index contributed by atoms with van der Waals surface area (Å²) in [5, 5.41) is 4.86. The number of thiazole rings is 1. The quantitative estimate of drug-likeness (QED) is 0.401. The van der Waals surface area contributed by atoms with E-state index in [0.717, 1.165) is 45.3 Å². The number of carbonyl (C=O) groups is 3. The zero-order valence-electron chi connectivity index (χ0n) is 19.0. The molecule has 0 atom stereocenters. The number of thiophene rings is 1. The number of aromatic nitrogens is 1. The molecule has 2 aromatic heterocycles. The monoisotopic (exact) mass is 502 g/mol. The molecular weight excluding hydrogens is 480 g/mol. The van der Waals surface area contributed by atoms with Gasteiger partial charge >= 0.3 is 0 Å². The molecule has 0 saturated carbocycles. The van der Waals surface area contributed by atoms with Crippen LogP contribution in [0.25, 0.3) is 20.8 Å². The molecule has 1 fully saturated rings. The van der Waals surface area contributed by atoms with Crippen LogP contribution in [0.4, 0.5) is 10.7 Å². The van der Waals surface area contributed by atoms with Gasteiger partial charge in [-0.2, -0.15) is 0 Å². The van der Waals surface area contributed by atoms with Gasteiger partial charge in [0.25, 0.3) is 5.91 Å². The number of rotatable bonds is 4. The highest BCUT2D eigenvalue weighted by molar-refractivity contribution is 7.23. The summed E-state index contributed by atoms with van der Waals surface area (Å²) < 4.78 is 1.12. The molecule has 35 heavy (non-hydrogen) atoms. The van der Waals surface area contributed by atoms with Gasteiger partial charge in [-0.3, -0.25) is 19.3 Å². The molecule has 0 radical (unpaired) electrons. The van der Waals surface area contributed by atoms with Gasteiger partial charge in [-0.15, -0.1) is 22.7 Å². The Hall–Kier alpha value is -3.40. The van der Waals surface area contributed by atoms with E-state index in [9.17, 15) is 14.4 Å².